The average Bonchev–Trinajstić information content (AvgIpc) is 2.91. The highest BCUT2D eigenvalue weighted by molar-refractivity contribution is 7.15. The van der Waals surface area contributed by atoms with Gasteiger partial charge in [-0.1, -0.05) is 0 Å². The molecule has 5 nitrogen and oxygen atoms in total. The van der Waals surface area contributed by atoms with Crippen LogP contribution in [-0.4, -0.2) is 22.1 Å². The van der Waals surface area contributed by atoms with Crippen LogP contribution >= 0.6 is 11.3 Å². The highest BCUT2D eigenvalue weighted by atomic mass is 32.1. The third-order valence-corrected chi connectivity index (χ3v) is 4.25. The largest absolute Gasteiger partial charge is 0.378 e. The van der Waals surface area contributed by atoms with Gasteiger partial charge >= 0.3 is 0 Å². The fourth-order valence-corrected chi connectivity index (χ4v) is 3.09. The number of ether oxygens (including phenoxy) is 1. The Kier molecular flexibility index (Phi) is 4.59. The monoisotopic (exact) mass is 330 g/mol. The zero-order chi connectivity index (χ0) is 16.2. The van der Waals surface area contributed by atoms with Crippen molar-refractivity contribution in [1.29, 1.82) is 0 Å². The second kappa shape index (κ2) is 6.80. The lowest BCUT2D eigenvalue weighted by atomic mass is 10.3. The van der Waals surface area contributed by atoms with Crippen molar-refractivity contribution in [1.82, 2.24) is 15.0 Å². The van der Waals surface area contributed by atoms with Gasteiger partial charge in [-0.05, 0) is 37.3 Å². The summed E-state index contributed by atoms with van der Waals surface area (Å²) in [6, 6.07) is 7.89. The molecule has 3 rings (SSSR count). The maximum Gasteiger partial charge on any atom is 0.227 e. The van der Waals surface area contributed by atoms with Gasteiger partial charge in [0.2, 0.25) is 5.95 Å². The summed E-state index contributed by atoms with van der Waals surface area (Å²) in [5.74, 6) is 0.173. The Morgan fingerprint density at radius 3 is 2.70 bits per heavy atom. The fourth-order valence-electron chi connectivity index (χ4n) is 2.08. The first-order chi connectivity index (χ1) is 11.2. The first-order valence-corrected chi connectivity index (χ1v) is 7.78. The Morgan fingerprint density at radius 2 is 1.96 bits per heavy atom. The highest BCUT2D eigenvalue weighted by Gasteiger charge is 2.12. The quantitative estimate of drug-likeness (QED) is 0.768. The molecule has 0 fully saturated rings. The third-order valence-electron chi connectivity index (χ3n) is 3.10. The molecule has 0 aliphatic heterocycles. The number of benzene rings is 1. The van der Waals surface area contributed by atoms with Crippen LogP contribution in [-0.2, 0) is 11.3 Å². The normalized spacial score (nSPS) is 10.7. The van der Waals surface area contributed by atoms with Crippen LogP contribution in [0.2, 0.25) is 0 Å². The van der Waals surface area contributed by atoms with Crippen molar-refractivity contribution in [2.24, 2.45) is 0 Å². The Labute approximate surface area is 137 Å². The number of halogens is 1. The van der Waals surface area contributed by atoms with Gasteiger partial charge in [0.25, 0.3) is 0 Å². The smallest absolute Gasteiger partial charge is 0.227 e. The van der Waals surface area contributed by atoms with Gasteiger partial charge in [0.1, 0.15) is 10.8 Å². The van der Waals surface area contributed by atoms with Crippen LogP contribution in [0.4, 0.5) is 16.0 Å². The minimum atomic E-state index is -0.281. The maximum atomic E-state index is 12.9. The van der Waals surface area contributed by atoms with E-state index < -0.39 is 0 Å². The molecule has 0 unspecified atom stereocenters. The number of anilines is 2. The molecule has 0 saturated carbocycles. The number of hydrogen-bond acceptors (Lipinski definition) is 6. The number of aromatic nitrogens is 3. The molecule has 0 spiro atoms. The topological polar surface area (TPSA) is 59.9 Å². The van der Waals surface area contributed by atoms with E-state index in [1.165, 1.54) is 12.1 Å². The van der Waals surface area contributed by atoms with E-state index in [4.69, 9.17) is 4.74 Å². The lowest BCUT2D eigenvalue weighted by Gasteiger charge is -2.06. The molecule has 3 aromatic rings. The molecule has 1 N–H and O–H groups in total. The molecule has 0 aliphatic carbocycles. The van der Waals surface area contributed by atoms with Crippen LogP contribution in [0.25, 0.3) is 10.6 Å². The number of thiazole rings is 1. The number of nitrogens with one attached hydrogen (secondary N) is 1. The lowest BCUT2D eigenvalue weighted by molar-refractivity contribution is 0.184. The Morgan fingerprint density at radius 1 is 1.17 bits per heavy atom. The summed E-state index contributed by atoms with van der Waals surface area (Å²) >= 11 is 1.55. The molecule has 2 aromatic heterocycles. The zero-order valence-electron chi connectivity index (χ0n) is 12.7. The van der Waals surface area contributed by atoms with Gasteiger partial charge < -0.3 is 10.1 Å². The Bertz CT molecular complexity index is 804. The molecule has 0 aliphatic rings. The van der Waals surface area contributed by atoms with Crippen molar-refractivity contribution in [3.63, 3.8) is 0 Å². The molecule has 0 saturated heterocycles. The second-order valence-corrected chi connectivity index (χ2v) is 5.94. The zero-order valence-corrected chi connectivity index (χ0v) is 13.5. The van der Waals surface area contributed by atoms with Crippen LogP contribution in [0.3, 0.4) is 0 Å². The first-order valence-electron chi connectivity index (χ1n) is 6.97. The summed E-state index contributed by atoms with van der Waals surface area (Å²) in [6.45, 7) is 2.43. The SMILES string of the molecule is COCc1nc(C)c(-c2ccnc(Nc3ccc(F)cc3)n2)s1. The molecule has 23 heavy (non-hydrogen) atoms. The van der Waals surface area contributed by atoms with E-state index >= 15 is 0 Å². The average molecular weight is 330 g/mol. The van der Waals surface area contributed by atoms with Crippen LogP contribution in [0, 0.1) is 12.7 Å². The highest BCUT2D eigenvalue weighted by Crippen LogP contribution is 2.29. The van der Waals surface area contributed by atoms with Gasteiger partial charge in [-0.25, -0.2) is 19.3 Å². The molecule has 0 amide bonds. The van der Waals surface area contributed by atoms with Crippen molar-refractivity contribution in [3.05, 3.63) is 53.0 Å². The van der Waals surface area contributed by atoms with Crippen LogP contribution in [0.15, 0.2) is 36.5 Å². The van der Waals surface area contributed by atoms with Gasteiger partial charge in [0, 0.05) is 19.0 Å². The first kappa shape index (κ1) is 15.5. The number of hydrogen-bond donors (Lipinski definition) is 1. The second-order valence-electron chi connectivity index (χ2n) is 4.85. The lowest BCUT2D eigenvalue weighted by Crippen LogP contribution is -1.97. The summed E-state index contributed by atoms with van der Waals surface area (Å²) in [4.78, 5) is 14.2. The van der Waals surface area contributed by atoms with Gasteiger partial charge in [-0.2, -0.15) is 0 Å². The summed E-state index contributed by atoms with van der Waals surface area (Å²) in [5, 5.41) is 3.97. The standard InChI is InChI=1S/C16H15FN4OS/c1-10-15(23-14(19-10)9-22-2)13-7-8-18-16(21-13)20-12-5-3-11(17)4-6-12/h3-8H,9H2,1-2H3,(H,18,20,21). The summed E-state index contributed by atoms with van der Waals surface area (Å²) in [6.07, 6.45) is 1.68. The molecule has 7 heteroatoms. The van der Waals surface area contributed by atoms with E-state index in [1.807, 2.05) is 13.0 Å². The van der Waals surface area contributed by atoms with E-state index in [0.717, 1.165) is 27.0 Å². The molecular formula is C16H15FN4OS. The predicted molar refractivity (Wildman–Crippen MR) is 88.3 cm³/mol. The molecule has 0 radical (unpaired) electrons. The Balaban J connectivity index is 1.86. The van der Waals surface area contributed by atoms with Gasteiger partial charge in [0.05, 0.1) is 22.9 Å². The molecule has 1 aromatic carbocycles. The number of nitrogens with zero attached hydrogens (tertiary/aromatic N) is 3. The molecule has 0 atom stereocenters. The van der Waals surface area contributed by atoms with Crippen LogP contribution in [0.5, 0.6) is 0 Å². The van der Waals surface area contributed by atoms with Crippen molar-refractivity contribution in [2.45, 2.75) is 13.5 Å². The van der Waals surface area contributed by atoms with Gasteiger partial charge in [-0.3, -0.25) is 0 Å². The van der Waals surface area contributed by atoms with E-state index in [9.17, 15) is 4.39 Å². The molecule has 2 heterocycles. The summed E-state index contributed by atoms with van der Waals surface area (Å²) in [7, 11) is 1.64. The van der Waals surface area contributed by atoms with Crippen molar-refractivity contribution < 1.29 is 9.13 Å². The van der Waals surface area contributed by atoms with Crippen molar-refractivity contribution >= 4 is 23.0 Å². The molecular weight excluding hydrogens is 315 g/mol. The van der Waals surface area contributed by atoms with E-state index in [-0.39, 0.29) is 5.82 Å². The minimum absolute atomic E-state index is 0.281. The minimum Gasteiger partial charge on any atom is -0.378 e. The molecule has 118 valence electrons. The predicted octanol–water partition coefficient (Wildman–Crippen LogP) is 3.94. The maximum absolute atomic E-state index is 12.9. The van der Waals surface area contributed by atoms with E-state index in [1.54, 1.807) is 36.8 Å². The van der Waals surface area contributed by atoms with Gasteiger partial charge in [0.15, 0.2) is 0 Å². The van der Waals surface area contributed by atoms with E-state index in [0.29, 0.717) is 12.6 Å². The van der Waals surface area contributed by atoms with Crippen LogP contribution in [0.1, 0.15) is 10.7 Å². The molecule has 0 bridgehead atoms. The van der Waals surface area contributed by atoms with Crippen molar-refractivity contribution in [2.75, 3.05) is 12.4 Å². The van der Waals surface area contributed by atoms with Crippen LogP contribution < -0.4 is 5.32 Å². The number of aryl methyl sites for hydroxylation is 1. The van der Waals surface area contributed by atoms with Gasteiger partial charge in [-0.15, -0.1) is 11.3 Å². The number of rotatable bonds is 5. The van der Waals surface area contributed by atoms with E-state index in [2.05, 4.69) is 20.3 Å². The third kappa shape index (κ3) is 3.69. The summed E-state index contributed by atoms with van der Waals surface area (Å²) < 4.78 is 18.1. The fraction of sp³-hybridized carbons (Fsp3) is 0.188. The number of methoxy groups -OCH3 is 1. The summed E-state index contributed by atoms with van der Waals surface area (Å²) in [5.41, 5.74) is 2.43. The van der Waals surface area contributed by atoms with Crippen molar-refractivity contribution in [3.8, 4) is 10.6 Å². The Hall–Kier alpha value is -2.38.